The van der Waals surface area contributed by atoms with Gasteiger partial charge in [0.2, 0.25) is 0 Å². The van der Waals surface area contributed by atoms with Crippen molar-refractivity contribution in [1.29, 1.82) is 0 Å². The Morgan fingerprint density at radius 3 is 2.80 bits per heavy atom. The van der Waals surface area contributed by atoms with Crippen molar-refractivity contribution < 1.29 is 5.11 Å². The van der Waals surface area contributed by atoms with E-state index >= 15 is 0 Å². The monoisotopic (exact) mass is 258 g/mol. The third-order valence-electron chi connectivity index (χ3n) is 2.21. The summed E-state index contributed by atoms with van der Waals surface area (Å²) in [6.45, 7) is 0. The van der Waals surface area contributed by atoms with Gasteiger partial charge in [0.1, 0.15) is 0 Å². The Labute approximate surface area is 102 Å². The fourth-order valence-electron chi connectivity index (χ4n) is 1.39. The van der Waals surface area contributed by atoms with Crippen LogP contribution in [0.15, 0.2) is 29.0 Å². The normalized spacial score (nSPS) is 12.9. The molecule has 2 aromatic heterocycles. The molecule has 15 heavy (non-hydrogen) atoms. The fraction of sp³-hybridized carbons (Fsp3) is 0.273. The summed E-state index contributed by atoms with van der Waals surface area (Å²) in [6.07, 6.45) is 1.29. The van der Waals surface area contributed by atoms with Crippen molar-refractivity contribution in [3.63, 3.8) is 0 Å². The molecule has 0 aromatic carbocycles. The number of rotatable bonds is 4. The molecule has 0 fully saturated rings. The highest BCUT2D eigenvalue weighted by atomic mass is 35.5. The van der Waals surface area contributed by atoms with Gasteiger partial charge < -0.3 is 5.11 Å². The van der Waals surface area contributed by atoms with Crippen molar-refractivity contribution >= 4 is 34.3 Å². The van der Waals surface area contributed by atoms with Crippen LogP contribution in [0.4, 0.5) is 0 Å². The van der Waals surface area contributed by atoms with Crippen molar-refractivity contribution in [2.75, 3.05) is 0 Å². The number of halogens is 1. The largest absolute Gasteiger partial charge is 0.388 e. The van der Waals surface area contributed by atoms with Crippen LogP contribution in [0, 0.1) is 0 Å². The summed E-state index contributed by atoms with van der Waals surface area (Å²) in [5.41, 5.74) is 1.29. The number of hydrogen-bond donors (Lipinski definition) is 1. The maximum absolute atomic E-state index is 9.89. The van der Waals surface area contributed by atoms with E-state index in [1.807, 2.05) is 12.1 Å². The van der Waals surface area contributed by atoms with E-state index in [-0.39, 0.29) is 6.10 Å². The number of aliphatic hydroxyl groups is 1. The lowest BCUT2D eigenvalue weighted by Crippen LogP contribution is -1.96. The van der Waals surface area contributed by atoms with Crippen LogP contribution < -0.4 is 0 Å². The lowest BCUT2D eigenvalue weighted by molar-refractivity contribution is 0.171. The second kappa shape index (κ2) is 5.12. The van der Waals surface area contributed by atoms with E-state index in [4.69, 9.17) is 11.6 Å². The molecule has 0 spiro atoms. The van der Waals surface area contributed by atoms with E-state index in [1.165, 1.54) is 16.9 Å². The highest BCUT2D eigenvalue weighted by molar-refractivity contribution is 7.16. The number of thiophene rings is 2. The van der Waals surface area contributed by atoms with Gasteiger partial charge in [-0.2, -0.15) is 11.3 Å². The quantitative estimate of drug-likeness (QED) is 0.874. The zero-order chi connectivity index (χ0) is 10.7. The maximum atomic E-state index is 9.89. The average Bonchev–Trinajstić information content (AvgIpc) is 2.84. The van der Waals surface area contributed by atoms with E-state index in [0.717, 1.165) is 22.1 Å². The first-order valence-corrected chi connectivity index (χ1v) is 6.84. The summed E-state index contributed by atoms with van der Waals surface area (Å²) in [6, 6.07) is 5.82. The van der Waals surface area contributed by atoms with Crippen LogP contribution in [0.25, 0.3) is 0 Å². The van der Waals surface area contributed by atoms with Gasteiger partial charge in [0.25, 0.3) is 0 Å². The van der Waals surface area contributed by atoms with Gasteiger partial charge in [-0.15, -0.1) is 11.3 Å². The Morgan fingerprint density at radius 1 is 1.33 bits per heavy atom. The molecule has 1 unspecified atom stereocenters. The van der Waals surface area contributed by atoms with Gasteiger partial charge in [0, 0.05) is 4.88 Å². The van der Waals surface area contributed by atoms with E-state index in [2.05, 4.69) is 16.8 Å². The number of hydrogen-bond acceptors (Lipinski definition) is 3. The molecule has 0 saturated heterocycles. The number of aliphatic hydroxyl groups excluding tert-OH is 1. The van der Waals surface area contributed by atoms with Crippen molar-refractivity contribution in [3.8, 4) is 0 Å². The van der Waals surface area contributed by atoms with Gasteiger partial charge in [-0.1, -0.05) is 11.6 Å². The van der Waals surface area contributed by atoms with Crippen LogP contribution in [-0.4, -0.2) is 5.11 Å². The molecule has 0 bridgehead atoms. The Bertz CT molecular complexity index is 408. The van der Waals surface area contributed by atoms with Gasteiger partial charge in [0.15, 0.2) is 0 Å². The minimum atomic E-state index is -0.387. The van der Waals surface area contributed by atoms with Crippen molar-refractivity contribution in [3.05, 3.63) is 43.7 Å². The maximum Gasteiger partial charge on any atom is 0.0932 e. The lowest BCUT2D eigenvalue weighted by atomic mass is 10.1. The molecule has 1 N–H and O–H groups in total. The molecular weight excluding hydrogens is 248 g/mol. The molecule has 0 aliphatic rings. The Kier molecular flexibility index (Phi) is 3.81. The second-order valence-electron chi connectivity index (χ2n) is 3.33. The Balaban J connectivity index is 1.90. The molecule has 0 radical (unpaired) electrons. The second-order valence-corrected chi connectivity index (χ2v) is 5.85. The molecule has 0 aliphatic heterocycles. The van der Waals surface area contributed by atoms with E-state index in [0.29, 0.717) is 0 Å². The summed E-state index contributed by atoms with van der Waals surface area (Å²) in [5.74, 6) is 0. The van der Waals surface area contributed by atoms with Gasteiger partial charge >= 0.3 is 0 Å². The molecule has 2 rings (SSSR count). The minimum Gasteiger partial charge on any atom is -0.388 e. The molecular formula is C11H11ClOS2. The smallest absolute Gasteiger partial charge is 0.0932 e. The standard InChI is InChI=1S/C11H11ClOS2/c12-11-4-3-10(15-11)9(13)2-1-8-5-6-14-7-8/h3-7,9,13H,1-2H2. The van der Waals surface area contributed by atoms with Gasteiger partial charge in [-0.05, 0) is 47.4 Å². The van der Waals surface area contributed by atoms with E-state index < -0.39 is 0 Å². The number of aryl methyl sites for hydroxylation is 1. The average molecular weight is 259 g/mol. The third kappa shape index (κ3) is 3.05. The molecule has 2 heterocycles. The molecule has 80 valence electrons. The first-order chi connectivity index (χ1) is 7.25. The van der Waals surface area contributed by atoms with Crippen molar-refractivity contribution in [2.45, 2.75) is 18.9 Å². The van der Waals surface area contributed by atoms with Crippen molar-refractivity contribution in [1.82, 2.24) is 0 Å². The highest BCUT2D eigenvalue weighted by Crippen LogP contribution is 2.29. The Hall–Kier alpha value is -0.350. The van der Waals surface area contributed by atoms with E-state index in [9.17, 15) is 5.11 Å². The molecule has 0 aliphatic carbocycles. The van der Waals surface area contributed by atoms with Crippen molar-refractivity contribution in [2.24, 2.45) is 0 Å². The van der Waals surface area contributed by atoms with Crippen LogP contribution in [0.3, 0.4) is 0 Å². The van der Waals surface area contributed by atoms with Gasteiger partial charge in [-0.3, -0.25) is 0 Å². The summed E-state index contributed by atoms with van der Waals surface area (Å²) in [7, 11) is 0. The van der Waals surface area contributed by atoms with Gasteiger partial charge in [0.05, 0.1) is 10.4 Å². The highest BCUT2D eigenvalue weighted by Gasteiger charge is 2.10. The molecule has 1 nitrogen and oxygen atoms in total. The fourth-order valence-corrected chi connectivity index (χ4v) is 3.17. The molecule has 1 atom stereocenters. The van der Waals surface area contributed by atoms with E-state index in [1.54, 1.807) is 11.3 Å². The summed E-state index contributed by atoms with van der Waals surface area (Å²) < 4.78 is 0.736. The van der Waals surface area contributed by atoms with Crippen LogP contribution in [0.2, 0.25) is 4.34 Å². The SMILES string of the molecule is OC(CCc1ccsc1)c1ccc(Cl)s1. The van der Waals surface area contributed by atoms with Crippen LogP contribution in [-0.2, 0) is 6.42 Å². The topological polar surface area (TPSA) is 20.2 Å². The summed E-state index contributed by atoms with van der Waals surface area (Å²) in [5, 5.41) is 14.1. The first-order valence-electron chi connectivity index (χ1n) is 4.70. The van der Waals surface area contributed by atoms with Crippen LogP contribution >= 0.6 is 34.3 Å². The predicted octanol–water partition coefficient (Wildman–Crippen LogP) is 4.13. The molecule has 4 heteroatoms. The first kappa shape index (κ1) is 11.1. The van der Waals surface area contributed by atoms with Crippen LogP contribution in [0.1, 0.15) is 23.0 Å². The predicted molar refractivity (Wildman–Crippen MR) is 66.9 cm³/mol. The van der Waals surface area contributed by atoms with Gasteiger partial charge in [-0.25, -0.2) is 0 Å². The summed E-state index contributed by atoms with van der Waals surface area (Å²) >= 11 is 8.96. The molecule has 2 aromatic rings. The molecule has 0 saturated carbocycles. The Morgan fingerprint density at radius 2 is 2.20 bits per heavy atom. The summed E-state index contributed by atoms with van der Waals surface area (Å²) in [4.78, 5) is 0.954. The zero-order valence-corrected chi connectivity index (χ0v) is 10.4. The molecule has 0 amide bonds. The minimum absolute atomic E-state index is 0.387. The zero-order valence-electron chi connectivity index (χ0n) is 8.02. The van der Waals surface area contributed by atoms with Crippen LogP contribution in [0.5, 0.6) is 0 Å². The third-order valence-corrected chi connectivity index (χ3v) is 4.27. The lowest BCUT2D eigenvalue weighted by Gasteiger charge is -2.06.